The topological polar surface area (TPSA) is 74.1 Å². The minimum atomic E-state index is 0.0321. The highest BCUT2D eigenvalue weighted by Crippen LogP contribution is 2.58. The van der Waals surface area contributed by atoms with Gasteiger partial charge in [-0.25, -0.2) is 0 Å². The van der Waals surface area contributed by atoms with Gasteiger partial charge in [0.2, 0.25) is 5.91 Å². The molecule has 2 fully saturated rings. The molecule has 0 bridgehead atoms. The van der Waals surface area contributed by atoms with Crippen LogP contribution in [0.3, 0.4) is 0 Å². The number of hydrogen-bond donors (Lipinski definition) is 2. The number of nitrogens with zero attached hydrogens (tertiary/aromatic N) is 1. The number of benzene rings is 1. The second-order valence-corrected chi connectivity index (χ2v) is 5.83. The third kappa shape index (κ3) is 3.01. The highest BCUT2D eigenvalue weighted by molar-refractivity contribution is 5.95. The molecule has 1 saturated heterocycles. The first-order chi connectivity index (χ1) is 10.2. The SMILES string of the molecule is N#CCOc1ccc(NC(=O)C2CC23CCNCC3)cc1. The summed E-state index contributed by atoms with van der Waals surface area (Å²) in [6.07, 6.45) is 3.22. The van der Waals surface area contributed by atoms with Gasteiger partial charge in [0, 0.05) is 11.6 Å². The van der Waals surface area contributed by atoms with Gasteiger partial charge in [-0.15, -0.1) is 0 Å². The van der Waals surface area contributed by atoms with Crippen LogP contribution in [0.25, 0.3) is 0 Å². The Morgan fingerprint density at radius 1 is 1.38 bits per heavy atom. The molecule has 2 N–H and O–H groups in total. The van der Waals surface area contributed by atoms with Gasteiger partial charge in [-0.3, -0.25) is 4.79 Å². The van der Waals surface area contributed by atoms with Crippen molar-refractivity contribution in [3.8, 4) is 11.8 Å². The average Bonchev–Trinajstić information content (AvgIpc) is 3.21. The number of carbonyl (C=O) groups is 1. The first-order valence-electron chi connectivity index (χ1n) is 7.35. The predicted octanol–water partition coefficient (Wildman–Crippen LogP) is 1.92. The molecule has 21 heavy (non-hydrogen) atoms. The van der Waals surface area contributed by atoms with Crippen molar-refractivity contribution >= 4 is 11.6 Å². The number of carbonyl (C=O) groups excluding carboxylic acids is 1. The first kappa shape index (κ1) is 13.9. The fourth-order valence-corrected chi connectivity index (χ4v) is 3.18. The number of amides is 1. The van der Waals surface area contributed by atoms with Crippen LogP contribution in [0.15, 0.2) is 24.3 Å². The van der Waals surface area contributed by atoms with Crippen LogP contribution in [0.1, 0.15) is 19.3 Å². The zero-order valence-corrected chi connectivity index (χ0v) is 11.9. The Kier molecular flexibility index (Phi) is 3.80. The second kappa shape index (κ2) is 5.74. The first-order valence-corrected chi connectivity index (χ1v) is 7.35. The monoisotopic (exact) mass is 285 g/mol. The average molecular weight is 285 g/mol. The van der Waals surface area contributed by atoms with E-state index in [0.29, 0.717) is 5.75 Å². The summed E-state index contributed by atoms with van der Waals surface area (Å²) in [4.78, 5) is 12.3. The van der Waals surface area contributed by atoms with E-state index < -0.39 is 0 Å². The number of hydrogen-bond acceptors (Lipinski definition) is 4. The quantitative estimate of drug-likeness (QED) is 0.886. The van der Waals surface area contributed by atoms with Crippen LogP contribution in [-0.2, 0) is 4.79 Å². The lowest BCUT2D eigenvalue weighted by atomic mass is 9.92. The molecule has 1 amide bonds. The van der Waals surface area contributed by atoms with E-state index in [1.165, 1.54) is 0 Å². The summed E-state index contributed by atoms with van der Waals surface area (Å²) in [6, 6.07) is 9.07. The molecule has 3 rings (SSSR count). The molecular formula is C16H19N3O2. The maximum absolute atomic E-state index is 12.3. The van der Waals surface area contributed by atoms with E-state index >= 15 is 0 Å². The number of rotatable bonds is 4. The van der Waals surface area contributed by atoms with Gasteiger partial charge in [0.1, 0.15) is 11.8 Å². The summed E-state index contributed by atoms with van der Waals surface area (Å²) in [6.45, 7) is 2.08. The molecule has 5 nitrogen and oxygen atoms in total. The Labute approximate surface area is 124 Å². The minimum absolute atomic E-state index is 0.0321. The molecule has 1 aromatic rings. The van der Waals surface area contributed by atoms with Gasteiger partial charge in [-0.2, -0.15) is 5.26 Å². The third-order valence-electron chi connectivity index (χ3n) is 4.53. The smallest absolute Gasteiger partial charge is 0.228 e. The number of nitriles is 1. The molecule has 0 radical (unpaired) electrons. The fraction of sp³-hybridized carbons (Fsp3) is 0.500. The van der Waals surface area contributed by atoms with E-state index in [0.717, 1.165) is 38.0 Å². The summed E-state index contributed by atoms with van der Waals surface area (Å²) in [5, 5.41) is 14.8. The van der Waals surface area contributed by atoms with E-state index in [1.807, 2.05) is 18.2 Å². The predicted molar refractivity (Wildman–Crippen MR) is 78.8 cm³/mol. The summed E-state index contributed by atoms with van der Waals surface area (Å²) in [7, 11) is 0. The largest absolute Gasteiger partial charge is 0.479 e. The molecule has 0 aromatic heterocycles. The fourth-order valence-electron chi connectivity index (χ4n) is 3.18. The summed E-state index contributed by atoms with van der Waals surface area (Å²) >= 11 is 0. The number of anilines is 1. The molecule has 1 atom stereocenters. The van der Waals surface area contributed by atoms with Crippen molar-refractivity contribution in [1.29, 1.82) is 5.26 Å². The van der Waals surface area contributed by atoms with Crippen LogP contribution >= 0.6 is 0 Å². The van der Waals surface area contributed by atoms with Gasteiger partial charge in [-0.05, 0) is 62.0 Å². The molecule has 1 aliphatic carbocycles. The lowest BCUT2D eigenvalue weighted by Crippen LogP contribution is -2.31. The lowest BCUT2D eigenvalue weighted by Gasteiger charge is -2.23. The van der Waals surface area contributed by atoms with Gasteiger partial charge in [-0.1, -0.05) is 0 Å². The lowest BCUT2D eigenvalue weighted by molar-refractivity contribution is -0.118. The Bertz CT molecular complexity index is 556. The molecule has 1 aromatic carbocycles. The van der Waals surface area contributed by atoms with Crippen molar-refractivity contribution in [2.45, 2.75) is 19.3 Å². The van der Waals surface area contributed by atoms with Crippen molar-refractivity contribution < 1.29 is 9.53 Å². The molecule has 1 spiro atoms. The second-order valence-electron chi connectivity index (χ2n) is 5.83. The Morgan fingerprint density at radius 3 is 2.76 bits per heavy atom. The Morgan fingerprint density at radius 2 is 2.10 bits per heavy atom. The standard InChI is InChI=1S/C16H19N3O2/c17-7-10-21-13-3-1-12(2-4-13)19-15(20)14-11-16(14)5-8-18-9-6-16/h1-4,14,18H,5-6,8-11H2,(H,19,20). The van der Waals surface area contributed by atoms with Crippen LogP contribution in [-0.4, -0.2) is 25.6 Å². The number of nitrogens with one attached hydrogen (secondary N) is 2. The van der Waals surface area contributed by atoms with E-state index in [2.05, 4.69) is 10.6 Å². The van der Waals surface area contributed by atoms with Gasteiger partial charge in [0.05, 0.1) is 0 Å². The van der Waals surface area contributed by atoms with Crippen molar-refractivity contribution in [2.75, 3.05) is 25.0 Å². The molecule has 1 unspecified atom stereocenters. The van der Waals surface area contributed by atoms with Crippen molar-refractivity contribution in [3.05, 3.63) is 24.3 Å². The highest BCUT2D eigenvalue weighted by Gasteiger charge is 2.57. The summed E-state index contributed by atoms with van der Waals surface area (Å²) in [5.74, 6) is 0.924. The number of ether oxygens (including phenoxy) is 1. The number of piperidine rings is 1. The molecular weight excluding hydrogens is 266 g/mol. The van der Waals surface area contributed by atoms with Gasteiger partial charge >= 0.3 is 0 Å². The van der Waals surface area contributed by atoms with Crippen LogP contribution in [0, 0.1) is 22.7 Å². The van der Waals surface area contributed by atoms with E-state index in [1.54, 1.807) is 12.1 Å². The summed E-state index contributed by atoms with van der Waals surface area (Å²) < 4.78 is 5.18. The van der Waals surface area contributed by atoms with Crippen LogP contribution in [0.2, 0.25) is 0 Å². The van der Waals surface area contributed by atoms with Crippen LogP contribution in [0.5, 0.6) is 5.75 Å². The maximum atomic E-state index is 12.3. The maximum Gasteiger partial charge on any atom is 0.228 e. The minimum Gasteiger partial charge on any atom is -0.479 e. The zero-order valence-electron chi connectivity index (χ0n) is 11.9. The van der Waals surface area contributed by atoms with Crippen molar-refractivity contribution in [2.24, 2.45) is 11.3 Å². The molecule has 110 valence electrons. The van der Waals surface area contributed by atoms with Crippen molar-refractivity contribution in [3.63, 3.8) is 0 Å². The molecule has 2 aliphatic rings. The van der Waals surface area contributed by atoms with Gasteiger partial charge in [0.25, 0.3) is 0 Å². The van der Waals surface area contributed by atoms with E-state index in [-0.39, 0.29) is 23.8 Å². The van der Waals surface area contributed by atoms with Gasteiger partial charge in [0.15, 0.2) is 6.61 Å². The molecule has 1 saturated carbocycles. The molecule has 5 heteroatoms. The van der Waals surface area contributed by atoms with E-state index in [9.17, 15) is 4.79 Å². The Hall–Kier alpha value is -2.06. The molecule has 1 heterocycles. The molecule has 1 aliphatic heterocycles. The van der Waals surface area contributed by atoms with Crippen molar-refractivity contribution in [1.82, 2.24) is 5.32 Å². The van der Waals surface area contributed by atoms with E-state index in [4.69, 9.17) is 10.00 Å². The highest BCUT2D eigenvalue weighted by atomic mass is 16.5. The van der Waals surface area contributed by atoms with Crippen LogP contribution < -0.4 is 15.4 Å². The third-order valence-corrected chi connectivity index (χ3v) is 4.53. The normalized spacial score (nSPS) is 22.3. The summed E-state index contributed by atoms with van der Waals surface area (Å²) in [5.41, 5.74) is 1.03. The Balaban J connectivity index is 1.55. The van der Waals surface area contributed by atoms with Gasteiger partial charge < -0.3 is 15.4 Å². The van der Waals surface area contributed by atoms with Crippen LogP contribution in [0.4, 0.5) is 5.69 Å². The zero-order chi connectivity index (χ0) is 14.7.